The molecule has 0 radical (unpaired) electrons. The number of rotatable bonds is 1. The van der Waals surface area contributed by atoms with Crippen LogP contribution < -0.4 is 0 Å². The number of hydrogen-bond acceptors (Lipinski definition) is 4. The van der Waals surface area contributed by atoms with Gasteiger partial charge in [0.1, 0.15) is 0 Å². The van der Waals surface area contributed by atoms with Gasteiger partial charge in [-0.1, -0.05) is 0 Å². The molecule has 0 fully saturated rings. The summed E-state index contributed by atoms with van der Waals surface area (Å²) in [6.07, 6.45) is 1.61. The van der Waals surface area contributed by atoms with Crippen LogP contribution in [0.1, 0.15) is 10.4 Å². The summed E-state index contributed by atoms with van der Waals surface area (Å²) in [6.45, 7) is 0. The van der Waals surface area contributed by atoms with Crippen LogP contribution in [0.25, 0.3) is 10.2 Å². The van der Waals surface area contributed by atoms with Crippen LogP contribution >= 0.6 is 11.3 Å². The van der Waals surface area contributed by atoms with Crippen molar-refractivity contribution in [2.75, 3.05) is 7.11 Å². The van der Waals surface area contributed by atoms with Crippen LogP contribution in [0, 0.1) is 0 Å². The van der Waals surface area contributed by atoms with Gasteiger partial charge in [0.15, 0.2) is 0 Å². The van der Waals surface area contributed by atoms with E-state index < -0.39 is 0 Å². The molecule has 0 amide bonds. The first-order valence-corrected chi connectivity index (χ1v) is 4.61. The summed E-state index contributed by atoms with van der Waals surface area (Å²) in [5, 5.41) is 1.91. The molecule has 0 bridgehead atoms. The number of carbonyl (C=O) groups is 1. The van der Waals surface area contributed by atoms with E-state index >= 15 is 0 Å². The number of esters is 1. The molecule has 2 heterocycles. The number of methoxy groups -OCH3 is 1. The molecule has 4 heteroatoms. The summed E-state index contributed by atoms with van der Waals surface area (Å²) in [5.74, 6) is -0.310. The van der Waals surface area contributed by atoms with Gasteiger partial charge < -0.3 is 4.74 Å². The molecule has 2 aromatic rings. The van der Waals surface area contributed by atoms with Crippen LogP contribution in [0.15, 0.2) is 23.7 Å². The Morgan fingerprint density at radius 2 is 2.38 bits per heavy atom. The first-order valence-electron chi connectivity index (χ1n) is 3.73. The van der Waals surface area contributed by atoms with Crippen LogP contribution in [0.2, 0.25) is 0 Å². The number of hydrogen-bond donors (Lipinski definition) is 0. The third-order valence-corrected chi connectivity index (χ3v) is 2.69. The van der Waals surface area contributed by atoms with E-state index in [0.29, 0.717) is 5.56 Å². The SMILES string of the molecule is COC(=O)c1ccnc2ccsc12. The van der Waals surface area contributed by atoms with Crippen molar-refractivity contribution in [1.82, 2.24) is 4.98 Å². The maximum atomic E-state index is 11.3. The van der Waals surface area contributed by atoms with Gasteiger partial charge in [-0.3, -0.25) is 4.98 Å². The number of aromatic nitrogens is 1. The Bertz CT molecular complexity index is 450. The van der Waals surface area contributed by atoms with E-state index in [1.54, 1.807) is 12.3 Å². The van der Waals surface area contributed by atoms with Gasteiger partial charge in [-0.2, -0.15) is 0 Å². The zero-order valence-corrected chi connectivity index (χ0v) is 7.80. The molecule has 13 heavy (non-hydrogen) atoms. The molecular weight excluding hydrogens is 186 g/mol. The molecule has 0 atom stereocenters. The first kappa shape index (κ1) is 8.19. The maximum Gasteiger partial charge on any atom is 0.339 e. The van der Waals surface area contributed by atoms with E-state index in [2.05, 4.69) is 9.72 Å². The van der Waals surface area contributed by atoms with Crippen molar-refractivity contribution in [1.29, 1.82) is 0 Å². The van der Waals surface area contributed by atoms with Crippen LogP contribution in [-0.2, 0) is 4.74 Å². The van der Waals surface area contributed by atoms with Crippen molar-refractivity contribution in [2.24, 2.45) is 0 Å². The normalized spacial score (nSPS) is 10.2. The zero-order valence-electron chi connectivity index (χ0n) is 6.98. The average molecular weight is 193 g/mol. The fourth-order valence-electron chi connectivity index (χ4n) is 1.14. The highest BCUT2D eigenvalue weighted by Gasteiger charge is 2.10. The lowest BCUT2D eigenvalue weighted by Crippen LogP contribution is -2.01. The van der Waals surface area contributed by atoms with Crippen LogP contribution in [0.5, 0.6) is 0 Å². The van der Waals surface area contributed by atoms with E-state index in [4.69, 9.17) is 0 Å². The van der Waals surface area contributed by atoms with Gasteiger partial charge in [0.2, 0.25) is 0 Å². The number of fused-ring (bicyclic) bond motifs is 1. The topological polar surface area (TPSA) is 39.2 Å². The average Bonchev–Trinajstić information content (AvgIpc) is 2.63. The van der Waals surface area contributed by atoms with Gasteiger partial charge >= 0.3 is 5.97 Å². The van der Waals surface area contributed by atoms with Gasteiger partial charge in [-0.15, -0.1) is 11.3 Å². The van der Waals surface area contributed by atoms with Crippen molar-refractivity contribution < 1.29 is 9.53 Å². The molecule has 0 aliphatic rings. The lowest BCUT2D eigenvalue weighted by Gasteiger charge is -1.98. The number of pyridine rings is 1. The predicted molar refractivity (Wildman–Crippen MR) is 51.0 cm³/mol. The van der Waals surface area contributed by atoms with Crippen molar-refractivity contribution in [2.45, 2.75) is 0 Å². The van der Waals surface area contributed by atoms with E-state index in [-0.39, 0.29) is 5.97 Å². The lowest BCUT2D eigenvalue weighted by molar-refractivity contribution is 0.0603. The highest BCUT2D eigenvalue weighted by atomic mass is 32.1. The quantitative estimate of drug-likeness (QED) is 0.651. The molecule has 66 valence electrons. The largest absolute Gasteiger partial charge is 0.465 e. The molecule has 0 unspecified atom stereocenters. The summed E-state index contributed by atoms with van der Waals surface area (Å²) in [4.78, 5) is 15.4. The van der Waals surface area contributed by atoms with Crippen molar-refractivity contribution in [3.8, 4) is 0 Å². The van der Waals surface area contributed by atoms with Gasteiger partial charge in [0, 0.05) is 6.20 Å². The van der Waals surface area contributed by atoms with Crippen molar-refractivity contribution in [3.05, 3.63) is 29.3 Å². The third-order valence-electron chi connectivity index (χ3n) is 1.75. The Balaban J connectivity index is 2.67. The van der Waals surface area contributed by atoms with Gasteiger partial charge in [0.25, 0.3) is 0 Å². The first-order chi connectivity index (χ1) is 6.33. The number of ether oxygens (including phenoxy) is 1. The molecule has 2 rings (SSSR count). The standard InChI is InChI=1S/C9H7NO2S/c1-12-9(11)6-2-4-10-7-3-5-13-8(6)7/h2-5H,1H3. The Morgan fingerprint density at radius 1 is 1.54 bits per heavy atom. The van der Waals surface area contributed by atoms with E-state index in [0.717, 1.165) is 10.2 Å². The molecule has 0 aromatic carbocycles. The minimum Gasteiger partial charge on any atom is -0.465 e. The lowest BCUT2D eigenvalue weighted by atomic mass is 10.2. The highest BCUT2D eigenvalue weighted by Crippen LogP contribution is 2.22. The molecule has 0 aliphatic carbocycles. The second kappa shape index (κ2) is 3.14. The summed E-state index contributed by atoms with van der Waals surface area (Å²) >= 11 is 1.49. The Kier molecular flexibility index (Phi) is 1.98. The highest BCUT2D eigenvalue weighted by molar-refractivity contribution is 7.17. The summed E-state index contributed by atoms with van der Waals surface area (Å²) < 4.78 is 5.54. The molecule has 0 saturated heterocycles. The molecule has 0 N–H and O–H groups in total. The van der Waals surface area contributed by atoms with Crippen LogP contribution in [0.4, 0.5) is 0 Å². The Morgan fingerprint density at radius 3 is 3.15 bits per heavy atom. The monoisotopic (exact) mass is 193 g/mol. The Hall–Kier alpha value is -1.42. The molecular formula is C9H7NO2S. The molecule has 0 spiro atoms. The maximum absolute atomic E-state index is 11.3. The smallest absolute Gasteiger partial charge is 0.339 e. The van der Waals surface area contributed by atoms with Gasteiger partial charge in [0.05, 0.1) is 22.9 Å². The Labute approximate surface area is 79.0 Å². The fraction of sp³-hybridized carbons (Fsp3) is 0.111. The second-order valence-electron chi connectivity index (χ2n) is 2.49. The van der Waals surface area contributed by atoms with Crippen LogP contribution in [-0.4, -0.2) is 18.1 Å². The number of nitrogens with zero attached hydrogens (tertiary/aromatic N) is 1. The third kappa shape index (κ3) is 1.29. The molecule has 2 aromatic heterocycles. The predicted octanol–water partition coefficient (Wildman–Crippen LogP) is 2.08. The van der Waals surface area contributed by atoms with Crippen molar-refractivity contribution >= 4 is 27.5 Å². The number of carbonyl (C=O) groups excluding carboxylic acids is 1. The molecule has 0 aliphatic heterocycles. The van der Waals surface area contributed by atoms with E-state index in [1.165, 1.54) is 18.4 Å². The summed E-state index contributed by atoms with van der Waals surface area (Å²) in [5.41, 5.74) is 1.43. The van der Waals surface area contributed by atoms with Crippen LogP contribution in [0.3, 0.4) is 0 Å². The fourth-order valence-corrected chi connectivity index (χ4v) is 2.00. The summed E-state index contributed by atoms with van der Waals surface area (Å²) in [6, 6.07) is 3.55. The van der Waals surface area contributed by atoms with Gasteiger partial charge in [-0.05, 0) is 17.5 Å². The number of thiophene rings is 1. The van der Waals surface area contributed by atoms with E-state index in [9.17, 15) is 4.79 Å². The minimum atomic E-state index is -0.310. The minimum absolute atomic E-state index is 0.310. The van der Waals surface area contributed by atoms with Gasteiger partial charge in [-0.25, -0.2) is 4.79 Å². The second-order valence-corrected chi connectivity index (χ2v) is 3.40. The zero-order chi connectivity index (χ0) is 9.26. The molecule has 0 saturated carbocycles. The summed E-state index contributed by atoms with van der Waals surface area (Å²) in [7, 11) is 1.38. The molecule has 3 nitrogen and oxygen atoms in total. The van der Waals surface area contributed by atoms with Crippen molar-refractivity contribution in [3.63, 3.8) is 0 Å². The van der Waals surface area contributed by atoms with E-state index in [1.807, 2.05) is 11.4 Å².